The Balaban J connectivity index is 1.65. The van der Waals surface area contributed by atoms with Gasteiger partial charge in [0, 0.05) is 18.3 Å². The molecule has 2 aromatic carbocycles. The van der Waals surface area contributed by atoms with Crippen LogP contribution in [0.5, 0.6) is 5.75 Å². The maximum atomic E-state index is 12.5. The van der Waals surface area contributed by atoms with Crippen molar-refractivity contribution in [3.63, 3.8) is 0 Å². The van der Waals surface area contributed by atoms with Crippen molar-refractivity contribution in [1.29, 1.82) is 5.26 Å². The van der Waals surface area contributed by atoms with Gasteiger partial charge in [0.2, 0.25) is 5.95 Å². The molecule has 1 amide bonds. The second-order valence-corrected chi connectivity index (χ2v) is 9.93. The number of ether oxygens (including phenoxy) is 1. The molecule has 4 rings (SSSR count). The van der Waals surface area contributed by atoms with Crippen molar-refractivity contribution >= 4 is 29.1 Å². The van der Waals surface area contributed by atoms with Crippen molar-refractivity contribution in [2.45, 2.75) is 45.1 Å². The molecule has 1 aliphatic rings. The molecule has 0 bridgehead atoms. The number of methoxy groups -OCH3 is 1. The van der Waals surface area contributed by atoms with E-state index in [9.17, 15) is 15.2 Å². The highest BCUT2D eigenvalue weighted by Gasteiger charge is 2.32. The van der Waals surface area contributed by atoms with Crippen molar-refractivity contribution in [2.75, 3.05) is 19.0 Å². The molecule has 0 saturated carbocycles. The van der Waals surface area contributed by atoms with Gasteiger partial charge in [-0.3, -0.25) is 4.79 Å². The first kappa shape index (κ1) is 25.4. The monoisotopic (exact) mass is 505 g/mol. The largest absolute Gasteiger partial charge is 0.495 e. The van der Waals surface area contributed by atoms with E-state index < -0.39 is 12.0 Å². The van der Waals surface area contributed by atoms with Gasteiger partial charge in [0.15, 0.2) is 0 Å². The third kappa shape index (κ3) is 5.13. The van der Waals surface area contributed by atoms with Gasteiger partial charge in [-0.2, -0.15) is 5.26 Å². The van der Waals surface area contributed by atoms with Crippen molar-refractivity contribution < 1.29 is 14.6 Å². The Morgan fingerprint density at radius 3 is 2.81 bits per heavy atom. The highest BCUT2D eigenvalue weighted by Crippen LogP contribution is 2.42. The van der Waals surface area contributed by atoms with Gasteiger partial charge in [-0.15, -0.1) is 0 Å². The van der Waals surface area contributed by atoms with Crippen LogP contribution < -0.4 is 15.4 Å². The molecular weight excluding hydrogens is 478 g/mol. The van der Waals surface area contributed by atoms with Crippen LogP contribution in [0.2, 0.25) is 5.02 Å². The summed E-state index contributed by atoms with van der Waals surface area (Å²) in [4.78, 5) is 21.4. The molecule has 36 heavy (non-hydrogen) atoms. The average molecular weight is 506 g/mol. The van der Waals surface area contributed by atoms with E-state index in [4.69, 9.17) is 16.3 Å². The molecule has 1 heterocycles. The number of nitriles is 1. The van der Waals surface area contributed by atoms with Gasteiger partial charge in [-0.1, -0.05) is 25.4 Å². The number of hydrogen-bond donors (Lipinski definition) is 3. The molecule has 8 nitrogen and oxygen atoms in total. The lowest BCUT2D eigenvalue weighted by Gasteiger charge is -2.20. The number of rotatable bonds is 7. The van der Waals surface area contributed by atoms with Gasteiger partial charge in [0.1, 0.15) is 5.75 Å². The predicted octanol–water partition coefficient (Wildman–Crippen LogP) is 4.76. The lowest BCUT2D eigenvalue weighted by atomic mass is 9.84. The maximum Gasteiger partial charge on any atom is 0.253 e. The number of aliphatic hydroxyl groups is 1. The van der Waals surface area contributed by atoms with E-state index in [0.717, 1.165) is 24.0 Å². The van der Waals surface area contributed by atoms with Gasteiger partial charge in [0.05, 0.1) is 46.8 Å². The van der Waals surface area contributed by atoms with Crippen molar-refractivity contribution in [2.24, 2.45) is 0 Å². The lowest BCUT2D eigenvalue weighted by Crippen LogP contribution is -2.30. The van der Waals surface area contributed by atoms with Crippen LogP contribution in [-0.2, 0) is 11.8 Å². The summed E-state index contributed by atoms with van der Waals surface area (Å²) >= 11 is 6.39. The summed E-state index contributed by atoms with van der Waals surface area (Å²) in [5.74, 6) is 0.268. The minimum Gasteiger partial charge on any atom is -0.495 e. The summed E-state index contributed by atoms with van der Waals surface area (Å²) in [5.41, 5.74) is 5.21. The zero-order valence-electron chi connectivity index (χ0n) is 20.6. The Labute approximate surface area is 215 Å². The topological polar surface area (TPSA) is 120 Å². The number of carbonyl (C=O) groups excluding carboxylic acids is 1. The fourth-order valence-electron chi connectivity index (χ4n) is 4.39. The molecule has 0 saturated heterocycles. The predicted molar refractivity (Wildman–Crippen MR) is 139 cm³/mol. The molecular formula is C27H28ClN5O3. The van der Waals surface area contributed by atoms with E-state index in [0.29, 0.717) is 28.6 Å². The molecule has 9 heteroatoms. The minimum atomic E-state index is -0.680. The first-order valence-corrected chi connectivity index (χ1v) is 12.0. The molecule has 1 aliphatic carbocycles. The van der Waals surface area contributed by atoms with Gasteiger partial charge in [-0.05, 0) is 66.6 Å². The number of nitrogens with one attached hydrogen (secondary N) is 2. The third-order valence-corrected chi connectivity index (χ3v) is 6.70. The third-order valence-electron chi connectivity index (χ3n) is 6.39. The molecule has 186 valence electrons. The average Bonchev–Trinajstić information content (AvgIpc) is 3.16. The molecule has 0 radical (unpaired) electrons. The van der Waals surface area contributed by atoms with E-state index in [1.165, 1.54) is 18.7 Å². The van der Waals surface area contributed by atoms with Crippen molar-refractivity contribution in [3.8, 4) is 23.1 Å². The summed E-state index contributed by atoms with van der Waals surface area (Å²) in [7, 11) is 1.49. The Morgan fingerprint density at radius 2 is 2.11 bits per heavy atom. The number of hydrogen-bond acceptors (Lipinski definition) is 7. The first-order valence-electron chi connectivity index (χ1n) is 11.6. The number of carbonyl (C=O) groups is 1. The molecule has 1 aromatic heterocycles. The number of benzene rings is 2. The highest BCUT2D eigenvalue weighted by molar-refractivity contribution is 6.34. The van der Waals surface area contributed by atoms with Crippen LogP contribution in [0.3, 0.4) is 0 Å². The number of aliphatic hydroxyl groups excluding tert-OH is 1. The lowest BCUT2D eigenvalue weighted by molar-refractivity contribution is 0.0924. The number of anilines is 2. The van der Waals surface area contributed by atoms with Gasteiger partial charge in [0.25, 0.3) is 5.91 Å². The van der Waals surface area contributed by atoms with Crippen molar-refractivity contribution in [1.82, 2.24) is 15.3 Å². The highest BCUT2D eigenvalue weighted by atomic mass is 35.5. The normalized spacial score (nSPS) is 14.5. The van der Waals surface area contributed by atoms with Crippen LogP contribution in [0.1, 0.15) is 54.2 Å². The first-order chi connectivity index (χ1) is 17.1. The summed E-state index contributed by atoms with van der Waals surface area (Å²) < 4.78 is 5.47. The molecule has 1 atom stereocenters. The summed E-state index contributed by atoms with van der Waals surface area (Å²) in [6.07, 6.45) is 2.86. The minimum absolute atomic E-state index is 0.00156. The SMILES string of the molecule is COc1cc(C(=O)NCC(C)O)c(Cl)cc1Nc1nccc(-c2cc(C#N)c3c(c2)C(C)(C)CC3)n1. The van der Waals surface area contributed by atoms with Crippen LogP contribution >= 0.6 is 11.6 Å². The smallest absolute Gasteiger partial charge is 0.253 e. The summed E-state index contributed by atoms with van der Waals surface area (Å²) in [6.45, 7) is 6.07. The molecule has 3 aromatic rings. The maximum absolute atomic E-state index is 12.5. The van der Waals surface area contributed by atoms with Gasteiger partial charge in [-0.25, -0.2) is 9.97 Å². The van der Waals surface area contributed by atoms with Crippen molar-refractivity contribution in [3.05, 3.63) is 63.8 Å². The Bertz CT molecular complexity index is 1360. The molecule has 3 N–H and O–H groups in total. The standard InChI is InChI=1S/C27H28ClN5O3/c1-15(34)14-31-25(35)19-11-24(36-4)23(12-21(19)28)33-26-30-8-6-22(32-26)16-9-17(13-29)18-5-7-27(2,3)20(18)10-16/h6,8-12,15,34H,5,7,14H2,1-4H3,(H,31,35)(H,30,32,33). The molecule has 0 aliphatic heterocycles. The molecule has 0 spiro atoms. The zero-order valence-corrected chi connectivity index (χ0v) is 21.4. The van der Waals surface area contributed by atoms with Crippen LogP contribution in [-0.4, -0.2) is 40.7 Å². The Hall–Kier alpha value is -3.67. The van der Waals surface area contributed by atoms with Crippen LogP contribution in [0, 0.1) is 11.3 Å². The van der Waals surface area contributed by atoms with E-state index in [2.05, 4.69) is 46.6 Å². The molecule has 1 unspecified atom stereocenters. The number of aromatic nitrogens is 2. The summed E-state index contributed by atoms with van der Waals surface area (Å²) in [6, 6.07) is 11.2. The quantitative estimate of drug-likeness (QED) is 0.423. The zero-order chi connectivity index (χ0) is 26.0. The van der Waals surface area contributed by atoms with Crippen LogP contribution in [0.25, 0.3) is 11.3 Å². The second kappa shape index (κ2) is 10.1. The number of amides is 1. The fourth-order valence-corrected chi connectivity index (χ4v) is 4.64. The van der Waals surface area contributed by atoms with Crippen LogP contribution in [0.4, 0.5) is 11.6 Å². The van der Waals surface area contributed by atoms with E-state index in [1.807, 2.05) is 6.07 Å². The van der Waals surface area contributed by atoms with Gasteiger partial charge >= 0.3 is 0 Å². The van der Waals surface area contributed by atoms with Gasteiger partial charge < -0.3 is 20.5 Å². The summed E-state index contributed by atoms with van der Waals surface area (Å²) in [5, 5.41) is 25.1. The molecule has 0 fully saturated rings. The van der Waals surface area contributed by atoms with E-state index >= 15 is 0 Å². The second-order valence-electron chi connectivity index (χ2n) is 9.53. The number of fused-ring (bicyclic) bond motifs is 1. The Morgan fingerprint density at radius 1 is 1.33 bits per heavy atom. The fraction of sp³-hybridized carbons (Fsp3) is 0.333. The Kier molecular flexibility index (Phi) is 7.16. The van der Waals surface area contributed by atoms with E-state index in [-0.39, 0.29) is 22.5 Å². The number of nitrogens with zero attached hydrogens (tertiary/aromatic N) is 3. The van der Waals surface area contributed by atoms with Crippen LogP contribution in [0.15, 0.2) is 36.5 Å². The van der Waals surface area contributed by atoms with E-state index in [1.54, 1.807) is 25.3 Å². The number of halogens is 1.